The molecule has 0 aliphatic rings. The van der Waals surface area contributed by atoms with E-state index in [1.165, 1.54) is 15.1 Å². The number of hydrogen-bond acceptors (Lipinski definition) is 1. The van der Waals surface area contributed by atoms with Crippen LogP contribution in [0.5, 0.6) is 0 Å². The lowest BCUT2D eigenvalue weighted by Gasteiger charge is -1.80. The van der Waals surface area contributed by atoms with Gasteiger partial charge in [-0.1, -0.05) is 6.92 Å². The molecule has 2 aromatic rings. The molecule has 0 spiro atoms. The molecule has 0 atom stereocenters. The van der Waals surface area contributed by atoms with Crippen molar-refractivity contribution in [3.05, 3.63) is 23.2 Å². The lowest BCUT2D eigenvalue weighted by molar-refractivity contribution is 1.19. The highest BCUT2D eigenvalue weighted by atomic mass is 32.1. The highest BCUT2D eigenvalue weighted by Crippen LogP contribution is 2.23. The molecule has 2 heterocycles. The summed E-state index contributed by atoms with van der Waals surface area (Å²) in [4.78, 5) is 5.96. The molecule has 10 heavy (non-hydrogen) atoms. The van der Waals surface area contributed by atoms with Crippen molar-refractivity contribution >= 4 is 21.6 Å². The van der Waals surface area contributed by atoms with Crippen molar-refractivity contribution in [3.8, 4) is 0 Å². The van der Waals surface area contributed by atoms with Crippen LogP contribution in [0.15, 0.2) is 18.3 Å². The number of aryl methyl sites for hydroxylation is 1. The van der Waals surface area contributed by atoms with Gasteiger partial charge >= 0.3 is 0 Å². The van der Waals surface area contributed by atoms with E-state index >= 15 is 0 Å². The predicted molar refractivity (Wildman–Crippen MR) is 45.6 cm³/mol. The Kier molecular flexibility index (Phi) is 1.27. The summed E-state index contributed by atoms with van der Waals surface area (Å²) in [6.45, 7) is 2.19. The van der Waals surface area contributed by atoms with Gasteiger partial charge < -0.3 is 4.98 Å². The van der Waals surface area contributed by atoms with Crippen LogP contribution in [0, 0.1) is 0 Å². The second-order valence-corrected chi connectivity index (χ2v) is 3.47. The van der Waals surface area contributed by atoms with Gasteiger partial charge in [0.05, 0.1) is 4.83 Å². The molecule has 0 aliphatic carbocycles. The topological polar surface area (TPSA) is 15.8 Å². The van der Waals surface area contributed by atoms with Gasteiger partial charge in [-0.05, 0) is 18.6 Å². The van der Waals surface area contributed by atoms with E-state index < -0.39 is 0 Å². The summed E-state index contributed by atoms with van der Waals surface area (Å²) >= 11 is 1.85. The molecule has 1 N–H and O–H groups in total. The van der Waals surface area contributed by atoms with Gasteiger partial charge in [-0.3, -0.25) is 0 Å². The Bertz CT molecular complexity index is 303. The van der Waals surface area contributed by atoms with Gasteiger partial charge in [0.2, 0.25) is 0 Å². The maximum Gasteiger partial charge on any atom is 0.0999 e. The van der Waals surface area contributed by atoms with Gasteiger partial charge in [0.15, 0.2) is 0 Å². The van der Waals surface area contributed by atoms with E-state index in [4.69, 9.17) is 0 Å². The number of rotatable bonds is 1. The van der Waals surface area contributed by atoms with Crippen LogP contribution < -0.4 is 0 Å². The number of aromatic nitrogens is 1. The Morgan fingerprint density at radius 1 is 1.60 bits per heavy atom. The number of nitrogens with one attached hydrogen (secondary N) is 1. The predicted octanol–water partition coefficient (Wildman–Crippen LogP) is 2.79. The third-order valence-corrected chi connectivity index (χ3v) is 2.86. The molecule has 2 rings (SSSR count). The highest BCUT2D eigenvalue weighted by Gasteiger charge is 1.98. The van der Waals surface area contributed by atoms with Crippen LogP contribution in [-0.2, 0) is 6.42 Å². The van der Waals surface area contributed by atoms with Crippen molar-refractivity contribution in [1.29, 1.82) is 0 Å². The van der Waals surface area contributed by atoms with Crippen molar-refractivity contribution < 1.29 is 0 Å². The summed E-state index contributed by atoms with van der Waals surface area (Å²) in [6.07, 6.45) is 3.13. The molecule has 52 valence electrons. The van der Waals surface area contributed by atoms with Gasteiger partial charge in [-0.15, -0.1) is 11.3 Å². The molecule has 0 aliphatic heterocycles. The summed E-state index contributed by atoms with van der Waals surface area (Å²) in [5.41, 5.74) is 0. The Morgan fingerprint density at radius 3 is 3.20 bits per heavy atom. The minimum absolute atomic E-state index is 1.15. The Labute approximate surface area is 63.7 Å². The van der Waals surface area contributed by atoms with Crippen LogP contribution in [0.3, 0.4) is 0 Å². The number of thiophene rings is 1. The van der Waals surface area contributed by atoms with Gasteiger partial charge in [-0.2, -0.15) is 0 Å². The van der Waals surface area contributed by atoms with Crippen LogP contribution in [0.2, 0.25) is 0 Å². The second kappa shape index (κ2) is 2.13. The summed E-state index contributed by atoms with van der Waals surface area (Å²) in [7, 11) is 0. The second-order valence-electron chi connectivity index (χ2n) is 2.33. The molecule has 2 aromatic heterocycles. The van der Waals surface area contributed by atoms with Crippen LogP contribution in [0.25, 0.3) is 10.2 Å². The molecular formula is C8H9NS. The average molecular weight is 151 g/mol. The zero-order valence-electron chi connectivity index (χ0n) is 5.85. The normalized spacial score (nSPS) is 10.9. The van der Waals surface area contributed by atoms with Crippen molar-refractivity contribution in [1.82, 2.24) is 4.98 Å². The molecule has 0 saturated carbocycles. The smallest absolute Gasteiger partial charge is 0.0999 e. The van der Waals surface area contributed by atoms with Gasteiger partial charge in [0.1, 0.15) is 0 Å². The number of H-pyrrole nitrogens is 1. The summed E-state index contributed by atoms with van der Waals surface area (Å²) in [6, 6.07) is 4.36. The molecule has 0 aromatic carbocycles. The number of aromatic amines is 1. The molecule has 0 saturated heterocycles. The third-order valence-electron chi connectivity index (χ3n) is 1.64. The first-order valence-corrected chi connectivity index (χ1v) is 4.27. The van der Waals surface area contributed by atoms with Crippen molar-refractivity contribution in [3.63, 3.8) is 0 Å². The first kappa shape index (κ1) is 5.98. The minimum atomic E-state index is 1.15. The van der Waals surface area contributed by atoms with Crippen LogP contribution in [-0.4, -0.2) is 4.98 Å². The van der Waals surface area contributed by atoms with Gasteiger partial charge in [0, 0.05) is 16.5 Å². The Hall–Kier alpha value is -0.760. The molecule has 0 amide bonds. The Balaban J connectivity index is 2.67. The molecule has 0 fully saturated rings. The summed E-state index contributed by atoms with van der Waals surface area (Å²) in [5, 5.41) is 1.35. The van der Waals surface area contributed by atoms with Gasteiger partial charge in [-0.25, -0.2) is 0 Å². The fourth-order valence-corrected chi connectivity index (χ4v) is 2.04. The maximum atomic E-state index is 3.19. The zero-order valence-corrected chi connectivity index (χ0v) is 6.66. The van der Waals surface area contributed by atoms with E-state index in [-0.39, 0.29) is 0 Å². The first-order chi connectivity index (χ1) is 4.90. The zero-order chi connectivity index (χ0) is 6.97. The maximum absolute atomic E-state index is 3.19. The lowest BCUT2D eigenvalue weighted by atomic mass is 10.3. The molecular weight excluding hydrogens is 142 g/mol. The SMILES string of the molecule is CCc1cc2cc[nH]c2s1. The van der Waals surface area contributed by atoms with Crippen LogP contribution in [0.4, 0.5) is 0 Å². The average Bonchev–Trinajstić information content (AvgIpc) is 2.42. The summed E-state index contributed by atoms with van der Waals surface area (Å²) in [5.74, 6) is 0. The minimum Gasteiger partial charge on any atom is -0.353 e. The Morgan fingerprint density at radius 2 is 2.50 bits per heavy atom. The van der Waals surface area contributed by atoms with E-state index in [0.29, 0.717) is 0 Å². The van der Waals surface area contributed by atoms with Crippen molar-refractivity contribution in [2.45, 2.75) is 13.3 Å². The third kappa shape index (κ3) is 0.762. The fraction of sp³-hybridized carbons (Fsp3) is 0.250. The lowest BCUT2D eigenvalue weighted by Crippen LogP contribution is -1.64. The van der Waals surface area contributed by atoms with Crippen molar-refractivity contribution in [2.75, 3.05) is 0 Å². The van der Waals surface area contributed by atoms with E-state index in [9.17, 15) is 0 Å². The van der Waals surface area contributed by atoms with E-state index in [1.54, 1.807) is 0 Å². The van der Waals surface area contributed by atoms with Crippen molar-refractivity contribution in [2.24, 2.45) is 0 Å². The molecule has 0 bridgehead atoms. The monoisotopic (exact) mass is 151 g/mol. The molecule has 0 unspecified atom stereocenters. The largest absolute Gasteiger partial charge is 0.353 e. The highest BCUT2D eigenvalue weighted by molar-refractivity contribution is 7.18. The standard InChI is InChI=1S/C8H9NS/c1-2-7-5-6-3-4-9-8(6)10-7/h3-5,9H,2H2,1H3. The molecule has 1 nitrogen and oxygen atoms in total. The number of fused-ring (bicyclic) bond motifs is 1. The number of hydrogen-bond donors (Lipinski definition) is 1. The molecule has 0 radical (unpaired) electrons. The quantitative estimate of drug-likeness (QED) is 0.645. The van der Waals surface area contributed by atoms with Crippen LogP contribution >= 0.6 is 11.3 Å². The fourth-order valence-electron chi connectivity index (χ4n) is 1.08. The van der Waals surface area contributed by atoms with E-state index in [2.05, 4.69) is 24.0 Å². The molecule has 2 heteroatoms. The summed E-state index contributed by atoms with van der Waals surface area (Å²) < 4.78 is 0. The van der Waals surface area contributed by atoms with Gasteiger partial charge in [0.25, 0.3) is 0 Å². The van der Waals surface area contributed by atoms with E-state index in [1.807, 2.05) is 17.5 Å². The first-order valence-electron chi connectivity index (χ1n) is 3.46. The van der Waals surface area contributed by atoms with Crippen LogP contribution in [0.1, 0.15) is 11.8 Å². The van der Waals surface area contributed by atoms with E-state index in [0.717, 1.165) is 6.42 Å².